The van der Waals surface area contributed by atoms with E-state index in [-0.39, 0.29) is 30.0 Å². The molecule has 6 aliphatic rings. The van der Waals surface area contributed by atoms with Gasteiger partial charge in [-0.2, -0.15) is 0 Å². The molecule has 4 bridgehead atoms. The zero-order valence-electron chi connectivity index (χ0n) is 25.0. The summed E-state index contributed by atoms with van der Waals surface area (Å²) in [6, 6.07) is 0.323. The van der Waals surface area contributed by atoms with E-state index in [1.54, 1.807) is 7.11 Å². The summed E-state index contributed by atoms with van der Waals surface area (Å²) < 4.78 is 19.2. The smallest absolute Gasteiger partial charge is 0.315 e. The number of methoxy groups -OCH3 is 1. The van der Waals surface area contributed by atoms with E-state index in [1.165, 1.54) is 6.42 Å². The van der Waals surface area contributed by atoms with Crippen LogP contribution in [-0.4, -0.2) is 73.6 Å². The Morgan fingerprint density at radius 1 is 1.23 bits per heavy atom. The monoisotopic (exact) mass is 555 g/mol. The third-order valence-corrected chi connectivity index (χ3v) is 12.3. The van der Waals surface area contributed by atoms with Crippen molar-refractivity contribution in [2.45, 2.75) is 97.2 Å². The maximum Gasteiger partial charge on any atom is 0.315 e. The van der Waals surface area contributed by atoms with Gasteiger partial charge in [0.15, 0.2) is 6.29 Å². The molecule has 0 aromatic heterocycles. The van der Waals surface area contributed by atoms with Gasteiger partial charge in [0.05, 0.1) is 30.8 Å². The predicted octanol–water partition coefficient (Wildman–Crippen LogP) is 5.10. The summed E-state index contributed by atoms with van der Waals surface area (Å²) in [4.78, 5) is 29.5. The Bertz CT molecular complexity index is 1070. The first-order valence-corrected chi connectivity index (χ1v) is 15.8. The molecule has 7 heteroatoms. The van der Waals surface area contributed by atoms with Crippen molar-refractivity contribution in [1.82, 2.24) is 4.90 Å². The fraction of sp³-hybridized carbons (Fsp3) is 0.818. The van der Waals surface area contributed by atoms with Crippen LogP contribution in [0.2, 0.25) is 0 Å². The van der Waals surface area contributed by atoms with Crippen molar-refractivity contribution in [2.75, 3.05) is 26.8 Å². The van der Waals surface area contributed by atoms with E-state index in [0.717, 1.165) is 50.5 Å². The molecule has 4 fully saturated rings. The first kappa shape index (κ1) is 28.6. The summed E-state index contributed by atoms with van der Waals surface area (Å²) in [7, 11) is 1.74. The molecule has 40 heavy (non-hydrogen) atoms. The molecule has 5 aliphatic carbocycles. The summed E-state index contributed by atoms with van der Waals surface area (Å²) >= 11 is 0. The topological polar surface area (TPSA) is 85.3 Å². The quantitative estimate of drug-likeness (QED) is 0.330. The number of aliphatic carboxylic acids is 1. The van der Waals surface area contributed by atoms with E-state index in [1.807, 2.05) is 6.92 Å². The van der Waals surface area contributed by atoms with Crippen LogP contribution in [0, 0.1) is 45.8 Å². The molecule has 6 rings (SSSR count). The standard InChI is InChI=1S/C33H49NO6/c1-20(2)27-13-23-14-31(18-35)26-12-11-21(3)25(26)15-32(23,33(27,31)30(36)37)19-39-29-17-34(24-9-7-6-8-10-24)16-28(38-5)22(4)40-29/h7,9,13,18,20-26,28-29H,6,8,10-12,14-17,19H2,1-5H3,(H,36,37)/t21-,22-,23?,24?,25-,26-,28+,29-,31+,32?,33+/m1/s1. The van der Waals surface area contributed by atoms with E-state index in [2.05, 4.69) is 43.9 Å². The number of aldehydes is 1. The zero-order valence-corrected chi connectivity index (χ0v) is 25.0. The zero-order chi connectivity index (χ0) is 28.4. The van der Waals surface area contributed by atoms with E-state index < -0.39 is 28.5 Å². The fourth-order valence-corrected chi connectivity index (χ4v) is 10.6. The number of carbonyl (C=O) groups excluding carboxylic acids is 1. The van der Waals surface area contributed by atoms with Gasteiger partial charge in [0, 0.05) is 25.1 Å². The predicted molar refractivity (Wildman–Crippen MR) is 151 cm³/mol. The lowest BCUT2D eigenvalue weighted by molar-refractivity contribution is -0.220. The minimum Gasteiger partial charge on any atom is -0.481 e. The third kappa shape index (κ3) is 3.76. The van der Waals surface area contributed by atoms with Gasteiger partial charge < -0.3 is 24.1 Å². The maximum absolute atomic E-state index is 13.7. The molecule has 0 aromatic carbocycles. The van der Waals surface area contributed by atoms with Crippen LogP contribution in [0.3, 0.4) is 0 Å². The van der Waals surface area contributed by atoms with Crippen LogP contribution in [0.5, 0.6) is 0 Å². The van der Waals surface area contributed by atoms with Crippen LogP contribution >= 0.6 is 0 Å². The molecule has 0 spiro atoms. The van der Waals surface area contributed by atoms with Crippen LogP contribution in [-0.2, 0) is 23.8 Å². The number of nitrogens with zero attached hydrogens (tertiary/aromatic N) is 1. The Morgan fingerprint density at radius 2 is 2.02 bits per heavy atom. The van der Waals surface area contributed by atoms with Crippen molar-refractivity contribution in [1.29, 1.82) is 0 Å². The van der Waals surface area contributed by atoms with Gasteiger partial charge in [-0.05, 0) is 75.0 Å². The van der Waals surface area contributed by atoms with Crippen molar-refractivity contribution in [3.05, 3.63) is 23.8 Å². The Balaban J connectivity index is 1.36. The minimum absolute atomic E-state index is 0.0244. The Labute approximate surface area is 239 Å². The highest BCUT2D eigenvalue weighted by molar-refractivity contribution is 5.90. The lowest BCUT2D eigenvalue weighted by atomic mass is 9.43. The molecule has 3 unspecified atom stereocenters. The van der Waals surface area contributed by atoms with Crippen molar-refractivity contribution >= 4 is 12.3 Å². The second-order valence-corrected chi connectivity index (χ2v) is 14.2. The van der Waals surface area contributed by atoms with Gasteiger partial charge in [-0.1, -0.05) is 51.0 Å². The normalized spacial score (nSPS) is 48.2. The largest absolute Gasteiger partial charge is 0.481 e. The van der Waals surface area contributed by atoms with Crippen molar-refractivity contribution < 1.29 is 28.9 Å². The van der Waals surface area contributed by atoms with E-state index in [9.17, 15) is 14.7 Å². The summed E-state index contributed by atoms with van der Waals surface area (Å²) in [5.41, 5.74) is -1.78. The number of hydrogen-bond acceptors (Lipinski definition) is 6. The van der Waals surface area contributed by atoms with Gasteiger partial charge in [0.1, 0.15) is 11.7 Å². The van der Waals surface area contributed by atoms with Crippen LogP contribution in [0.25, 0.3) is 0 Å². The first-order valence-electron chi connectivity index (χ1n) is 15.8. The molecule has 1 heterocycles. The molecule has 1 aliphatic heterocycles. The van der Waals surface area contributed by atoms with Gasteiger partial charge in [-0.3, -0.25) is 9.69 Å². The lowest BCUT2D eigenvalue weighted by Gasteiger charge is -2.58. The van der Waals surface area contributed by atoms with Crippen LogP contribution in [0.15, 0.2) is 23.8 Å². The van der Waals surface area contributed by atoms with Crippen molar-refractivity contribution in [3.8, 4) is 0 Å². The second-order valence-electron chi connectivity index (χ2n) is 14.2. The minimum atomic E-state index is -1.22. The fourth-order valence-electron chi connectivity index (χ4n) is 10.6. The van der Waals surface area contributed by atoms with Gasteiger partial charge in [-0.25, -0.2) is 0 Å². The molecule has 3 saturated carbocycles. The number of fused-ring (bicyclic) bond motifs is 2. The second kappa shape index (κ2) is 10.3. The maximum atomic E-state index is 13.7. The molecule has 11 atom stereocenters. The van der Waals surface area contributed by atoms with E-state index in [4.69, 9.17) is 14.2 Å². The SMILES string of the molecule is CO[C@H]1CN(C2C=CCCC2)C[C@H](OCC23C[C@@H]4[C@H](C)CC[C@H]4[C@@]4(C=O)CC2C=C(C(C)C)[C@@]34C(=O)O)O[C@@H]1C. The van der Waals surface area contributed by atoms with Crippen LogP contribution in [0.4, 0.5) is 0 Å². The number of rotatable bonds is 8. The number of carbonyl (C=O) groups is 2. The number of carboxylic acid groups (broad SMARTS) is 1. The summed E-state index contributed by atoms with van der Waals surface area (Å²) in [5, 5.41) is 11.2. The molecule has 0 aromatic rings. The average molecular weight is 556 g/mol. The van der Waals surface area contributed by atoms with Crippen LogP contribution in [0.1, 0.15) is 72.6 Å². The number of carboxylic acids is 1. The van der Waals surface area contributed by atoms with Gasteiger partial charge in [0.2, 0.25) is 0 Å². The highest BCUT2D eigenvalue weighted by Crippen LogP contribution is 2.82. The van der Waals surface area contributed by atoms with Crippen LogP contribution < -0.4 is 0 Å². The van der Waals surface area contributed by atoms with Gasteiger partial charge in [-0.15, -0.1) is 0 Å². The Morgan fingerprint density at radius 3 is 2.67 bits per heavy atom. The Kier molecular flexibility index (Phi) is 7.37. The summed E-state index contributed by atoms with van der Waals surface area (Å²) in [6.07, 6.45) is 14.0. The molecular weight excluding hydrogens is 506 g/mol. The lowest BCUT2D eigenvalue weighted by Crippen LogP contribution is -2.63. The molecule has 222 valence electrons. The number of allylic oxidation sites excluding steroid dienone is 2. The average Bonchev–Trinajstić information content (AvgIpc) is 3.46. The molecule has 7 nitrogen and oxygen atoms in total. The third-order valence-electron chi connectivity index (χ3n) is 12.3. The summed E-state index contributed by atoms with van der Waals surface area (Å²) in [6.45, 7) is 10.2. The van der Waals surface area contributed by atoms with Crippen molar-refractivity contribution in [2.24, 2.45) is 45.8 Å². The number of hydrogen-bond donors (Lipinski definition) is 1. The van der Waals surface area contributed by atoms with E-state index in [0.29, 0.717) is 37.5 Å². The van der Waals surface area contributed by atoms with Gasteiger partial charge >= 0.3 is 5.97 Å². The molecule has 1 saturated heterocycles. The first-order chi connectivity index (χ1) is 19.1. The van der Waals surface area contributed by atoms with E-state index >= 15 is 0 Å². The molecule has 0 amide bonds. The Hall–Kier alpha value is -1.54. The highest BCUT2D eigenvalue weighted by Gasteiger charge is 2.84. The molecule has 0 radical (unpaired) electrons. The van der Waals surface area contributed by atoms with Crippen molar-refractivity contribution in [3.63, 3.8) is 0 Å². The molecule has 1 N–H and O–H groups in total. The highest BCUT2D eigenvalue weighted by atomic mass is 16.7. The number of ether oxygens (including phenoxy) is 3. The molecular formula is C33H49NO6. The summed E-state index contributed by atoms with van der Waals surface area (Å²) in [5.74, 6) is 0.213. The van der Waals surface area contributed by atoms with Gasteiger partial charge in [0.25, 0.3) is 0 Å².